The van der Waals surface area contributed by atoms with E-state index in [9.17, 15) is 4.79 Å². The van der Waals surface area contributed by atoms with Gasteiger partial charge in [-0.05, 0) is 49.2 Å². The Morgan fingerprint density at radius 2 is 2.08 bits per heavy atom. The van der Waals surface area contributed by atoms with E-state index in [0.717, 1.165) is 11.3 Å². The minimum atomic E-state index is -0.0780. The van der Waals surface area contributed by atoms with Crippen LogP contribution in [-0.2, 0) is 11.8 Å². The lowest BCUT2D eigenvalue weighted by atomic mass is 10.1. The maximum Gasteiger partial charge on any atom is 0.234 e. The molecular formula is C17H18N4O2S. The molecule has 124 valence electrons. The zero-order valence-corrected chi connectivity index (χ0v) is 14.6. The van der Waals surface area contributed by atoms with E-state index < -0.39 is 0 Å². The Bertz CT molecular complexity index is 856. The number of benzene rings is 1. The second-order valence-corrected chi connectivity index (χ2v) is 6.42. The van der Waals surface area contributed by atoms with Gasteiger partial charge in [-0.2, -0.15) is 0 Å². The van der Waals surface area contributed by atoms with Crippen LogP contribution in [0.3, 0.4) is 0 Å². The monoisotopic (exact) mass is 342 g/mol. The van der Waals surface area contributed by atoms with Crippen molar-refractivity contribution in [1.82, 2.24) is 14.8 Å². The highest BCUT2D eigenvalue weighted by Gasteiger charge is 2.14. The van der Waals surface area contributed by atoms with Crippen molar-refractivity contribution in [2.75, 3.05) is 11.1 Å². The second-order valence-electron chi connectivity index (χ2n) is 5.48. The van der Waals surface area contributed by atoms with Gasteiger partial charge in [0.2, 0.25) is 5.91 Å². The zero-order valence-electron chi connectivity index (χ0n) is 13.7. The number of nitrogens with one attached hydrogen (secondary N) is 1. The summed E-state index contributed by atoms with van der Waals surface area (Å²) < 4.78 is 7.14. The number of aryl methyl sites for hydroxylation is 2. The number of nitrogens with zero attached hydrogens (tertiary/aromatic N) is 3. The molecule has 0 bridgehead atoms. The number of amides is 1. The molecule has 3 rings (SSSR count). The van der Waals surface area contributed by atoms with Crippen molar-refractivity contribution in [3.63, 3.8) is 0 Å². The van der Waals surface area contributed by atoms with Crippen molar-refractivity contribution in [3.05, 3.63) is 47.7 Å². The normalized spacial score (nSPS) is 10.8. The smallest absolute Gasteiger partial charge is 0.234 e. The van der Waals surface area contributed by atoms with Gasteiger partial charge in [0.1, 0.15) is 0 Å². The van der Waals surface area contributed by atoms with E-state index in [1.165, 1.54) is 17.3 Å². The van der Waals surface area contributed by atoms with E-state index >= 15 is 0 Å². The predicted molar refractivity (Wildman–Crippen MR) is 94.0 cm³/mol. The second kappa shape index (κ2) is 6.92. The van der Waals surface area contributed by atoms with Gasteiger partial charge < -0.3 is 14.3 Å². The van der Waals surface area contributed by atoms with Crippen molar-refractivity contribution in [3.8, 4) is 11.6 Å². The van der Waals surface area contributed by atoms with Crippen molar-refractivity contribution in [2.45, 2.75) is 19.0 Å². The molecule has 0 saturated carbocycles. The molecule has 2 heterocycles. The lowest BCUT2D eigenvalue weighted by molar-refractivity contribution is -0.113. The minimum absolute atomic E-state index is 0.0780. The molecule has 0 saturated heterocycles. The molecule has 2 aromatic heterocycles. The van der Waals surface area contributed by atoms with Crippen LogP contribution in [0.1, 0.15) is 11.1 Å². The summed E-state index contributed by atoms with van der Waals surface area (Å²) in [5.74, 6) is 1.47. The van der Waals surface area contributed by atoms with Crippen LogP contribution in [0.2, 0.25) is 0 Å². The van der Waals surface area contributed by atoms with E-state index in [0.29, 0.717) is 16.7 Å². The Balaban J connectivity index is 1.61. The lowest BCUT2D eigenvalue weighted by Crippen LogP contribution is -2.14. The number of anilines is 1. The topological polar surface area (TPSA) is 73.0 Å². The number of hydrogen-bond acceptors (Lipinski definition) is 5. The maximum atomic E-state index is 12.1. The van der Waals surface area contributed by atoms with Gasteiger partial charge in [-0.3, -0.25) is 4.79 Å². The molecule has 0 radical (unpaired) electrons. The first kappa shape index (κ1) is 16.3. The minimum Gasteiger partial charge on any atom is -0.461 e. The third kappa shape index (κ3) is 3.51. The zero-order chi connectivity index (χ0) is 17.1. The molecule has 1 amide bonds. The molecule has 0 fully saturated rings. The SMILES string of the molecule is Cc1ccc(NC(=O)CSc2nnc(-c3ccco3)n2C)cc1C. The first-order valence-electron chi connectivity index (χ1n) is 7.48. The van der Waals surface area contributed by atoms with E-state index in [2.05, 4.69) is 15.5 Å². The Morgan fingerprint density at radius 1 is 1.25 bits per heavy atom. The number of thioether (sulfide) groups is 1. The van der Waals surface area contributed by atoms with E-state index in [1.807, 2.05) is 49.7 Å². The van der Waals surface area contributed by atoms with Crippen LogP contribution in [0, 0.1) is 13.8 Å². The number of carbonyl (C=O) groups is 1. The first-order valence-corrected chi connectivity index (χ1v) is 8.46. The standard InChI is InChI=1S/C17H18N4O2S/c1-11-6-7-13(9-12(11)2)18-15(22)10-24-17-20-19-16(21(17)3)14-5-4-8-23-14/h4-9H,10H2,1-3H3,(H,18,22). The lowest BCUT2D eigenvalue weighted by Gasteiger charge is -2.07. The van der Waals surface area contributed by atoms with E-state index in [4.69, 9.17) is 4.42 Å². The molecular weight excluding hydrogens is 324 g/mol. The molecule has 3 aromatic rings. The van der Waals surface area contributed by atoms with Crippen LogP contribution in [0.15, 0.2) is 46.2 Å². The van der Waals surface area contributed by atoms with Crippen LogP contribution in [0.5, 0.6) is 0 Å². The van der Waals surface area contributed by atoms with E-state index in [1.54, 1.807) is 12.3 Å². The van der Waals surface area contributed by atoms with Crippen LogP contribution in [0.25, 0.3) is 11.6 Å². The average Bonchev–Trinajstić information content (AvgIpc) is 3.19. The molecule has 0 unspecified atom stereocenters. The quantitative estimate of drug-likeness (QED) is 0.719. The van der Waals surface area contributed by atoms with Gasteiger partial charge in [-0.15, -0.1) is 10.2 Å². The third-order valence-electron chi connectivity index (χ3n) is 3.70. The Hall–Kier alpha value is -2.54. The van der Waals surface area contributed by atoms with Gasteiger partial charge in [0.25, 0.3) is 0 Å². The molecule has 0 aliphatic carbocycles. The van der Waals surface area contributed by atoms with Crippen LogP contribution >= 0.6 is 11.8 Å². The predicted octanol–water partition coefficient (Wildman–Crippen LogP) is 3.42. The number of aromatic nitrogens is 3. The van der Waals surface area contributed by atoms with Crippen molar-refractivity contribution in [1.29, 1.82) is 0 Å². The molecule has 7 heteroatoms. The van der Waals surface area contributed by atoms with Gasteiger partial charge in [-0.25, -0.2) is 0 Å². The van der Waals surface area contributed by atoms with Gasteiger partial charge in [-0.1, -0.05) is 17.8 Å². The number of furan rings is 1. The number of carbonyl (C=O) groups excluding carboxylic acids is 1. The summed E-state index contributed by atoms with van der Waals surface area (Å²) in [6, 6.07) is 9.49. The molecule has 0 aliphatic rings. The van der Waals surface area contributed by atoms with Gasteiger partial charge in [0, 0.05) is 12.7 Å². The Morgan fingerprint density at radius 3 is 2.79 bits per heavy atom. The average molecular weight is 342 g/mol. The molecule has 0 aliphatic heterocycles. The summed E-state index contributed by atoms with van der Waals surface area (Å²) in [6.07, 6.45) is 1.59. The molecule has 1 N–H and O–H groups in total. The molecule has 0 spiro atoms. The third-order valence-corrected chi connectivity index (χ3v) is 4.72. The highest BCUT2D eigenvalue weighted by atomic mass is 32.2. The van der Waals surface area contributed by atoms with Crippen LogP contribution < -0.4 is 5.32 Å². The Kier molecular flexibility index (Phi) is 4.71. The summed E-state index contributed by atoms with van der Waals surface area (Å²) in [4.78, 5) is 12.1. The molecule has 0 atom stereocenters. The van der Waals surface area contributed by atoms with Gasteiger partial charge in [0.15, 0.2) is 16.7 Å². The van der Waals surface area contributed by atoms with Gasteiger partial charge >= 0.3 is 0 Å². The summed E-state index contributed by atoms with van der Waals surface area (Å²) >= 11 is 1.34. The highest BCUT2D eigenvalue weighted by molar-refractivity contribution is 7.99. The summed E-state index contributed by atoms with van der Waals surface area (Å²) in [7, 11) is 1.85. The molecule has 24 heavy (non-hydrogen) atoms. The Labute approximate surface area is 144 Å². The fourth-order valence-corrected chi connectivity index (χ4v) is 2.92. The van der Waals surface area contributed by atoms with Crippen LogP contribution in [-0.4, -0.2) is 26.4 Å². The molecule has 1 aromatic carbocycles. The van der Waals surface area contributed by atoms with Crippen molar-refractivity contribution >= 4 is 23.4 Å². The summed E-state index contributed by atoms with van der Waals surface area (Å²) in [5.41, 5.74) is 3.15. The molecule has 6 nitrogen and oxygen atoms in total. The largest absolute Gasteiger partial charge is 0.461 e. The fraction of sp³-hybridized carbons (Fsp3) is 0.235. The van der Waals surface area contributed by atoms with E-state index in [-0.39, 0.29) is 11.7 Å². The van der Waals surface area contributed by atoms with Crippen molar-refractivity contribution < 1.29 is 9.21 Å². The highest BCUT2D eigenvalue weighted by Crippen LogP contribution is 2.23. The number of rotatable bonds is 5. The summed E-state index contributed by atoms with van der Waals surface area (Å²) in [6.45, 7) is 4.07. The van der Waals surface area contributed by atoms with Crippen molar-refractivity contribution in [2.24, 2.45) is 7.05 Å². The maximum absolute atomic E-state index is 12.1. The van der Waals surface area contributed by atoms with Gasteiger partial charge in [0.05, 0.1) is 12.0 Å². The number of hydrogen-bond donors (Lipinski definition) is 1. The first-order chi connectivity index (χ1) is 11.5. The van der Waals surface area contributed by atoms with Crippen LogP contribution in [0.4, 0.5) is 5.69 Å². The fourth-order valence-electron chi connectivity index (χ4n) is 2.21. The summed E-state index contributed by atoms with van der Waals surface area (Å²) in [5, 5.41) is 11.8.